The number of nitrogens with zero attached hydrogens (tertiary/aromatic N) is 4. The highest BCUT2D eigenvalue weighted by Gasteiger charge is 2.53. The molecule has 0 aliphatic carbocycles. The number of amides is 4. The smallest absolute Gasteiger partial charge is 0.322 e. The number of imide groups is 1. The third-order valence-electron chi connectivity index (χ3n) is 6.38. The molecule has 1 atom stereocenters. The Morgan fingerprint density at radius 3 is 2.80 bits per heavy atom. The maximum atomic E-state index is 14.8. The summed E-state index contributed by atoms with van der Waals surface area (Å²) in [6.07, 6.45) is 2.61. The van der Waals surface area contributed by atoms with Crippen LogP contribution >= 0.6 is 0 Å². The molecule has 12 heteroatoms. The molecule has 35 heavy (non-hydrogen) atoms. The summed E-state index contributed by atoms with van der Waals surface area (Å²) >= 11 is 0. The number of hydrogen-bond donors (Lipinski definition) is 2. The Kier molecular flexibility index (Phi) is 4.53. The van der Waals surface area contributed by atoms with E-state index in [2.05, 4.69) is 20.7 Å². The van der Waals surface area contributed by atoms with Crippen molar-refractivity contribution in [2.45, 2.75) is 18.5 Å². The third-order valence-corrected chi connectivity index (χ3v) is 6.38. The average molecular weight is 478 g/mol. The second-order valence-electron chi connectivity index (χ2n) is 8.46. The highest BCUT2D eigenvalue weighted by molar-refractivity contribution is 6.08. The first-order valence-electron chi connectivity index (χ1n) is 10.9. The van der Waals surface area contributed by atoms with Crippen molar-refractivity contribution in [3.8, 4) is 5.75 Å². The number of benzene rings is 1. The van der Waals surface area contributed by atoms with E-state index >= 15 is 0 Å². The summed E-state index contributed by atoms with van der Waals surface area (Å²) in [6, 6.07) is 7.32. The lowest BCUT2D eigenvalue weighted by Gasteiger charge is -2.28. The fraction of sp³-hybridized carbons (Fsp3) is 0.261. The van der Waals surface area contributed by atoms with Crippen LogP contribution in [0.25, 0.3) is 11.1 Å². The molecule has 1 aromatic carbocycles. The molecular weight excluding hydrogens is 459 g/mol. The predicted molar refractivity (Wildman–Crippen MR) is 121 cm³/mol. The molecule has 6 rings (SSSR count). The zero-order valence-electron chi connectivity index (χ0n) is 18.5. The number of methoxy groups -OCH3 is 1. The minimum absolute atomic E-state index is 0.0512. The summed E-state index contributed by atoms with van der Waals surface area (Å²) in [5, 5.41) is 10.8. The van der Waals surface area contributed by atoms with Gasteiger partial charge in [0.25, 0.3) is 11.8 Å². The van der Waals surface area contributed by atoms with E-state index in [9.17, 15) is 18.8 Å². The molecule has 3 aromatic rings. The summed E-state index contributed by atoms with van der Waals surface area (Å²) in [5.74, 6) is -1.41. The molecule has 0 saturated carbocycles. The molecule has 0 spiro atoms. The zero-order valence-corrected chi connectivity index (χ0v) is 18.5. The van der Waals surface area contributed by atoms with Crippen LogP contribution in [0, 0.1) is 5.82 Å². The Morgan fingerprint density at radius 2 is 2.09 bits per heavy atom. The fourth-order valence-corrected chi connectivity index (χ4v) is 4.66. The first-order chi connectivity index (χ1) is 16.9. The number of carbonyl (C=O) groups excluding carboxylic acids is 3. The van der Waals surface area contributed by atoms with Crippen molar-refractivity contribution in [2.75, 3.05) is 25.2 Å². The van der Waals surface area contributed by atoms with E-state index in [1.807, 2.05) is 0 Å². The third kappa shape index (κ3) is 3.13. The number of halogens is 1. The van der Waals surface area contributed by atoms with Crippen LogP contribution in [-0.2, 0) is 16.9 Å². The number of fused-ring (bicyclic) bond motifs is 2. The van der Waals surface area contributed by atoms with Gasteiger partial charge in [-0.25, -0.2) is 19.2 Å². The molecule has 1 fully saturated rings. The number of hydrazone groups is 1. The van der Waals surface area contributed by atoms with E-state index in [0.29, 0.717) is 29.0 Å². The Labute approximate surface area is 197 Å². The monoisotopic (exact) mass is 478 g/mol. The fourth-order valence-electron chi connectivity index (χ4n) is 4.66. The standard InChI is InChI=1S/C23H19FN6O5/c1-34-15-4-3-12-10-29(20(31)18(12)19(15)24)11-23(21(32)27-22(33)28-23)16-9-13-14(35-16)5-6-17(26-13)30-8-2-7-25-30/h3-7,9H,2,8,10-11H2,1H3,(H2,27,28,32,33)/t23-/m0/s1. The van der Waals surface area contributed by atoms with Crippen LogP contribution in [0.1, 0.15) is 28.1 Å². The van der Waals surface area contributed by atoms with Crippen molar-refractivity contribution in [1.29, 1.82) is 0 Å². The number of carbonyl (C=O) groups is 3. The summed E-state index contributed by atoms with van der Waals surface area (Å²) in [7, 11) is 1.31. The molecule has 4 amide bonds. The van der Waals surface area contributed by atoms with Crippen LogP contribution in [0.2, 0.25) is 0 Å². The molecule has 0 radical (unpaired) electrons. The Hall–Kier alpha value is -4.48. The van der Waals surface area contributed by atoms with Gasteiger partial charge in [0.2, 0.25) is 0 Å². The number of ether oxygens (including phenoxy) is 1. The molecule has 5 heterocycles. The van der Waals surface area contributed by atoms with Gasteiger partial charge in [-0.1, -0.05) is 6.07 Å². The first kappa shape index (κ1) is 21.1. The SMILES string of the molecule is COc1ccc2c(c1F)C(=O)N(C[C@@]1(c3cc4nc(N5CCC=N5)ccc4o3)NC(=O)NC1=O)C2. The van der Waals surface area contributed by atoms with Gasteiger partial charge in [0.15, 0.2) is 22.7 Å². The highest BCUT2D eigenvalue weighted by Crippen LogP contribution is 2.36. The molecule has 3 aliphatic heterocycles. The van der Waals surface area contributed by atoms with Crippen molar-refractivity contribution in [3.05, 3.63) is 53.0 Å². The van der Waals surface area contributed by atoms with E-state index in [1.165, 1.54) is 18.1 Å². The number of aromatic nitrogens is 1. The van der Waals surface area contributed by atoms with E-state index in [-0.39, 0.29) is 30.2 Å². The van der Waals surface area contributed by atoms with Crippen molar-refractivity contribution in [1.82, 2.24) is 20.5 Å². The number of urea groups is 1. The summed E-state index contributed by atoms with van der Waals surface area (Å²) in [4.78, 5) is 44.2. The molecule has 11 nitrogen and oxygen atoms in total. The highest BCUT2D eigenvalue weighted by atomic mass is 19.1. The molecule has 1 saturated heterocycles. The van der Waals surface area contributed by atoms with Gasteiger partial charge in [0, 0.05) is 31.8 Å². The number of rotatable bonds is 5. The number of hydrogen-bond acceptors (Lipinski definition) is 8. The van der Waals surface area contributed by atoms with Crippen LogP contribution in [0.15, 0.2) is 39.9 Å². The van der Waals surface area contributed by atoms with Crippen LogP contribution in [-0.4, -0.2) is 54.1 Å². The minimum Gasteiger partial charge on any atom is -0.494 e. The van der Waals surface area contributed by atoms with E-state index < -0.39 is 29.2 Å². The van der Waals surface area contributed by atoms with E-state index in [1.54, 1.807) is 35.5 Å². The summed E-state index contributed by atoms with van der Waals surface area (Å²) in [6.45, 7) is 0.475. The average Bonchev–Trinajstić information content (AvgIpc) is 3.61. The molecule has 0 unspecified atom stereocenters. The Bertz CT molecular complexity index is 1450. The zero-order chi connectivity index (χ0) is 24.3. The minimum atomic E-state index is -1.72. The van der Waals surface area contributed by atoms with Gasteiger partial charge in [0.1, 0.15) is 17.1 Å². The van der Waals surface area contributed by atoms with E-state index in [4.69, 9.17) is 9.15 Å². The number of anilines is 1. The molecule has 2 N–H and O–H groups in total. The molecule has 178 valence electrons. The molecule has 3 aliphatic rings. The lowest BCUT2D eigenvalue weighted by Crippen LogP contribution is -2.52. The van der Waals surface area contributed by atoms with Crippen LogP contribution < -0.4 is 20.4 Å². The molecular formula is C23H19FN6O5. The maximum absolute atomic E-state index is 14.8. The first-order valence-corrected chi connectivity index (χ1v) is 10.9. The van der Waals surface area contributed by atoms with Crippen LogP contribution in [0.4, 0.5) is 15.0 Å². The normalized spacial score (nSPS) is 21.1. The van der Waals surface area contributed by atoms with Crippen LogP contribution in [0.3, 0.4) is 0 Å². The number of pyridine rings is 1. The second-order valence-corrected chi connectivity index (χ2v) is 8.46. The van der Waals surface area contributed by atoms with E-state index in [0.717, 1.165) is 6.42 Å². The lowest BCUT2D eigenvalue weighted by atomic mass is 9.95. The van der Waals surface area contributed by atoms with Gasteiger partial charge < -0.3 is 19.4 Å². The number of furan rings is 1. The van der Waals surface area contributed by atoms with Gasteiger partial charge >= 0.3 is 6.03 Å². The van der Waals surface area contributed by atoms with Gasteiger partial charge in [-0.3, -0.25) is 14.9 Å². The van der Waals surface area contributed by atoms with Gasteiger partial charge in [-0.2, -0.15) is 5.10 Å². The largest absolute Gasteiger partial charge is 0.494 e. The van der Waals surface area contributed by atoms with Crippen molar-refractivity contribution in [2.24, 2.45) is 5.10 Å². The Morgan fingerprint density at radius 1 is 1.23 bits per heavy atom. The topological polar surface area (TPSA) is 129 Å². The Balaban J connectivity index is 1.38. The summed E-state index contributed by atoms with van der Waals surface area (Å²) in [5.41, 5.74) is -0.532. The lowest BCUT2D eigenvalue weighted by molar-refractivity contribution is -0.125. The number of nitrogens with one attached hydrogen (secondary N) is 2. The van der Waals surface area contributed by atoms with Crippen molar-refractivity contribution in [3.63, 3.8) is 0 Å². The van der Waals surface area contributed by atoms with Gasteiger partial charge in [-0.15, -0.1) is 0 Å². The van der Waals surface area contributed by atoms with Crippen molar-refractivity contribution >= 4 is 41.0 Å². The summed E-state index contributed by atoms with van der Waals surface area (Å²) < 4.78 is 25.7. The molecule has 2 aromatic heterocycles. The van der Waals surface area contributed by atoms with Crippen molar-refractivity contribution < 1.29 is 27.9 Å². The van der Waals surface area contributed by atoms with Crippen LogP contribution in [0.5, 0.6) is 5.75 Å². The second kappa shape index (κ2) is 7.52. The maximum Gasteiger partial charge on any atom is 0.322 e. The quantitative estimate of drug-likeness (QED) is 0.536. The molecule has 0 bridgehead atoms. The van der Waals surface area contributed by atoms with Gasteiger partial charge in [0.05, 0.1) is 19.2 Å². The predicted octanol–water partition coefficient (Wildman–Crippen LogP) is 1.86. The van der Waals surface area contributed by atoms with Gasteiger partial charge in [-0.05, 0) is 23.8 Å².